The van der Waals surface area contributed by atoms with E-state index in [-0.39, 0.29) is 10.6 Å². The number of rotatable bonds is 2. The third kappa shape index (κ3) is 2.75. The minimum absolute atomic E-state index is 0.0639. The first-order valence-electron chi connectivity index (χ1n) is 5.52. The minimum Gasteiger partial charge on any atom is -0.287 e. The van der Waals surface area contributed by atoms with Crippen molar-refractivity contribution in [2.45, 2.75) is 13.2 Å². The van der Waals surface area contributed by atoms with Crippen molar-refractivity contribution in [2.75, 3.05) is 11.9 Å². The maximum absolute atomic E-state index is 12.5. The Morgan fingerprint density at radius 3 is 2.21 bits per heavy atom. The number of aryl methyl sites for hydroxylation is 1. The summed E-state index contributed by atoms with van der Waals surface area (Å²) >= 11 is 0. The van der Waals surface area contributed by atoms with Gasteiger partial charge in [-0.15, -0.1) is 0 Å². The van der Waals surface area contributed by atoms with Crippen LogP contribution in [-0.4, -0.2) is 31.0 Å². The number of anilines is 1. The summed E-state index contributed by atoms with van der Waals surface area (Å²) in [6, 6.07) is 7.60. The molecule has 1 aromatic heterocycles. The van der Waals surface area contributed by atoms with Gasteiger partial charge in [0.25, 0.3) is 0 Å². The van der Waals surface area contributed by atoms with Crippen molar-refractivity contribution in [3.05, 3.63) is 36.0 Å². The molecule has 0 fully saturated rings. The second-order valence-electron chi connectivity index (χ2n) is 4.17. The fourth-order valence-corrected chi connectivity index (χ4v) is 1.72. The first kappa shape index (κ1) is 13.5. The summed E-state index contributed by atoms with van der Waals surface area (Å²) in [4.78, 5) is 0.251. The third-order valence-corrected chi connectivity index (χ3v) is 2.77. The molecule has 0 aliphatic rings. The first-order chi connectivity index (χ1) is 8.79. The number of halogens is 3. The lowest BCUT2D eigenvalue weighted by Crippen LogP contribution is -2.33. The monoisotopic (exact) mass is 265 g/mol. The third-order valence-electron chi connectivity index (χ3n) is 2.77. The molecule has 0 amide bonds. The Morgan fingerprint density at radius 2 is 1.79 bits per heavy atom. The van der Waals surface area contributed by atoms with Gasteiger partial charge in [-0.3, -0.25) is 4.90 Å². The predicted octanol–water partition coefficient (Wildman–Crippen LogP) is 1.93. The van der Waals surface area contributed by atoms with Crippen molar-refractivity contribution in [1.82, 2.24) is 9.78 Å². The van der Waals surface area contributed by atoms with E-state index in [0.29, 0.717) is 11.3 Å². The molecule has 2 rings (SSSR count). The van der Waals surface area contributed by atoms with E-state index in [0.717, 1.165) is 12.7 Å². The zero-order valence-corrected chi connectivity index (χ0v) is 10.4. The molecule has 0 aliphatic heterocycles. The van der Waals surface area contributed by atoms with Gasteiger partial charge < -0.3 is 0 Å². The van der Waals surface area contributed by atoms with Crippen LogP contribution in [0, 0.1) is 6.92 Å². The molecule has 2 aromatic rings. The van der Waals surface area contributed by atoms with Gasteiger partial charge >= 0.3 is 6.30 Å². The standard InChI is InChI=1S/C12H11BF3N3/c1-8-7-11(13)17-19(8)10-5-3-9(4-6-10)18(2)12(14,15)16/h3-7H,1-2H3. The van der Waals surface area contributed by atoms with Crippen LogP contribution in [0.1, 0.15) is 5.69 Å². The Kier molecular flexibility index (Phi) is 3.30. The van der Waals surface area contributed by atoms with E-state index < -0.39 is 6.30 Å². The summed E-state index contributed by atoms with van der Waals surface area (Å²) in [5.74, 6) is 0. The van der Waals surface area contributed by atoms with E-state index in [4.69, 9.17) is 7.85 Å². The molecule has 0 atom stereocenters. The summed E-state index contributed by atoms with van der Waals surface area (Å²) < 4.78 is 39.1. The van der Waals surface area contributed by atoms with Crippen molar-refractivity contribution in [3.63, 3.8) is 0 Å². The summed E-state index contributed by atoms with van der Waals surface area (Å²) in [7, 11) is 6.54. The van der Waals surface area contributed by atoms with E-state index in [1.165, 1.54) is 12.1 Å². The number of hydrogen-bond acceptors (Lipinski definition) is 2. The number of aromatic nitrogens is 2. The molecule has 3 nitrogen and oxygen atoms in total. The fraction of sp³-hybridized carbons (Fsp3) is 0.250. The van der Waals surface area contributed by atoms with Gasteiger partial charge in [0, 0.05) is 24.0 Å². The molecular formula is C12H11BF3N3. The van der Waals surface area contributed by atoms with Gasteiger partial charge in [0.15, 0.2) is 0 Å². The summed E-state index contributed by atoms with van der Waals surface area (Å²) in [6.45, 7) is 1.82. The summed E-state index contributed by atoms with van der Waals surface area (Å²) in [5, 5.41) is 4.06. The topological polar surface area (TPSA) is 21.1 Å². The molecule has 0 bridgehead atoms. The van der Waals surface area contributed by atoms with E-state index >= 15 is 0 Å². The number of hydrogen-bond donors (Lipinski definition) is 0. The van der Waals surface area contributed by atoms with Crippen molar-refractivity contribution in [1.29, 1.82) is 0 Å². The summed E-state index contributed by atoms with van der Waals surface area (Å²) in [5.41, 5.74) is 1.91. The maximum Gasteiger partial charge on any atom is 0.484 e. The van der Waals surface area contributed by atoms with Gasteiger partial charge in [-0.2, -0.15) is 18.3 Å². The average molecular weight is 265 g/mol. The van der Waals surface area contributed by atoms with Crippen molar-refractivity contribution in [3.8, 4) is 5.69 Å². The van der Waals surface area contributed by atoms with Gasteiger partial charge in [-0.05, 0) is 37.3 Å². The smallest absolute Gasteiger partial charge is 0.287 e. The molecule has 0 saturated carbocycles. The van der Waals surface area contributed by atoms with Crippen LogP contribution >= 0.6 is 0 Å². The average Bonchev–Trinajstić information content (AvgIpc) is 2.66. The van der Waals surface area contributed by atoms with E-state index in [2.05, 4.69) is 5.10 Å². The van der Waals surface area contributed by atoms with Crippen LogP contribution in [-0.2, 0) is 0 Å². The lowest BCUT2D eigenvalue weighted by Gasteiger charge is -2.22. The highest BCUT2D eigenvalue weighted by Crippen LogP contribution is 2.27. The normalized spacial score (nSPS) is 11.6. The van der Waals surface area contributed by atoms with Crippen molar-refractivity contribution in [2.24, 2.45) is 0 Å². The molecule has 1 aromatic carbocycles. The molecule has 0 spiro atoms. The van der Waals surface area contributed by atoms with Crippen LogP contribution in [0.3, 0.4) is 0 Å². The highest BCUT2D eigenvalue weighted by Gasteiger charge is 2.34. The second kappa shape index (κ2) is 4.64. The summed E-state index contributed by atoms with van der Waals surface area (Å²) in [6.07, 6.45) is -4.40. The lowest BCUT2D eigenvalue weighted by atomic mass is 10.1. The second-order valence-corrected chi connectivity index (χ2v) is 4.17. The SMILES string of the molecule is [B]c1cc(C)n(-c2ccc(N(C)C(F)(F)F)cc2)n1. The zero-order chi connectivity index (χ0) is 14.2. The van der Waals surface area contributed by atoms with Crippen LogP contribution in [0.2, 0.25) is 0 Å². The largest absolute Gasteiger partial charge is 0.484 e. The van der Waals surface area contributed by atoms with Crippen molar-refractivity contribution >= 4 is 19.1 Å². The van der Waals surface area contributed by atoms with E-state index in [9.17, 15) is 13.2 Å². The van der Waals surface area contributed by atoms with Gasteiger partial charge in [-0.1, -0.05) is 0 Å². The van der Waals surface area contributed by atoms with E-state index in [1.807, 2.05) is 6.92 Å². The first-order valence-corrected chi connectivity index (χ1v) is 5.52. The molecule has 0 saturated heterocycles. The van der Waals surface area contributed by atoms with Gasteiger partial charge in [0.1, 0.15) is 7.85 Å². The molecule has 1 heterocycles. The minimum atomic E-state index is -4.40. The fourth-order valence-electron chi connectivity index (χ4n) is 1.72. The van der Waals surface area contributed by atoms with Crippen LogP contribution in [0.5, 0.6) is 0 Å². The molecule has 7 heteroatoms. The molecule has 0 aliphatic carbocycles. The Balaban J connectivity index is 2.31. The quantitative estimate of drug-likeness (QED) is 0.611. The lowest BCUT2D eigenvalue weighted by molar-refractivity contribution is -0.125. The molecule has 19 heavy (non-hydrogen) atoms. The van der Waals surface area contributed by atoms with Gasteiger partial charge in [-0.25, -0.2) is 4.68 Å². The molecular weight excluding hydrogens is 254 g/mol. The number of alkyl halides is 3. The van der Waals surface area contributed by atoms with Gasteiger partial charge in [0.05, 0.1) is 5.69 Å². The predicted molar refractivity (Wildman–Crippen MR) is 68.1 cm³/mol. The maximum atomic E-state index is 12.5. The Bertz CT molecular complexity index is 575. The van der Waals surface area contributed by atoms with Crippen LogP contribution in [0.4, 0.5) is 18.9 Å². The number of nitrogens with zero attached hydrogens (tertiary/aromatic N) is 3. The molecule has 2 radical (unpaired) electrons. The van der Waals surface area contributed by atoms with Crippen molar-refractivity contribution < 1.29 is 13.2 Å². The highest BCUT2D eigenvalue weighted by molar-refractivity contribution is 6.30. The zero-order valence-electron chi connectivity index (χ0n) is 10.4. The highest BCUT2D eigenvalue weighted by atomic mass is 19.4. The van der Waals surface area contributed by atoms with Crippen LogP contribution in [0.15, 0.2) is 30.3 Å². The number of benzene rings is 1. The molecule has 0 N–H and O–H groups in total. The van der Waals surface area contributed by atoms with Crippen LogP contribution < -0.4 is 10.5 Å². The molecule has 0 unspecified atom stereocenters. The molecule has 98 valence electrons. The Morgan fingerprint density at radius 1 is 1.21 bits per heavy atom. The van der Waals surface area contributed by atoms with E-state index in [1.54, 1.807) is 22.9 Å². The Hall–Kier alpha value is -1.92. The van der Waals surface area contributed by atoms with Gasteiger partial charge in [0.2, 0.25) is 0 Å². The Labute approximate surface area is 110 Å². The van der Waals surface area contributed by atoms with Crippen LogP contribution in [0.25, 0.3) is 5.69 Å².